The van der Waals surface area contributed by atoms with Crippen LogP contribution in [-0.4, -0.2) is 4.98 Å². The molecule has 0 fully saturated rings. The van der Waals surface area contributed by atoms with Crippen molar-refractivity contribution in [2.75, 3.05) is 0 Å². The van der Waals surface area contributed by atoms with Crippen LogP contribution < -0.4 is 5.56 Å². The number of aromatic nitrogens is 1. The van der Waals surface area contributed by atoms with Crippen LogP contribution in [0.15, 0.2) is 47.3 Å². The number of nitrogens with zero attached hydrogens (tertiary/aromatic N) is 1. The highest BCUT2D eigenvalue weighted by Crippen LogP contribution is 2.30. The van der Waals surface area contributed by atoms with E-state index in [1.54, 1.807) is 6.07 Å². The number of aryl methyl sites for hydroxylation is 2. The van der Waals surface area contributed by atoms with Crippen LogP contribution in [0.1, 0.15) is 16.7 Å². The van der Waals surface area contributed by atoms with E-state index in [4.69, 9.17) is 0 Å². The maximum absolute atomic E-state index is 14.2. The van der Waals surface area contributed by atoms with Gasteiger partial charge >= 0.3 is 0 Å². The van der Waals surface area contributed by atoms with Gasteiger partial charge < -0.3 is 4.98 Å². The molecule has 1 N–H and O–H groups in total. The first-order valence-corrected chi connectivity index (χ1v) is 7.61. The van der Waals surface area contributed by atoms with Crippen LogP contribution in [-0.2, 0) is 0 Å². The van der Waals surface area contributed by atoms with Gasteiger partial charge in [-0.25, -0.2) is 8.78 Å². The van der Waals surface area contributed by atoms with Gasteiger partial charge in [0, 0.05) is 22.4 Å². The van der Waals surface area contributed by atoms with Crippen molar-refractivity contribution in [3.05, 3.63) is 81.1 Å². The number of nitriles is 1. The van der Waals surface area contributed by atoms with Gasteiger partial charge in [-0.1, -0.05) is 17.7 Å². The molecule has 0 amide bonds. The van der Waals surface area contributed by atoms with Gasteiger partial charge in [0.1, 0.15) is 23.3 Å². The number of hydrogen-bond donors (Lipinski definition) is 1. The highest BCUT2D eigenvalue weighted by molar-refractivity contribution is 5.76. The molecule has 0 spiro atoms. The summed E-state index contributed by atoms with van der Waals surface area (Å²) < 4.78 is 27.8. The Bertz CT molecular complexity index is 1080. The van der Waals surface area contributed by atoms with E-state index in [1.807, 2.05) is 32.0 Å². The zero-order valence-corrected chi connectivity index (χ0v) is 13.7. The summed E-state index contributed by atoms with van der Waals surface area (Å²) in [5.41, 5.74) is 2.18. The fourth-order valence-corrected chi connectivity index (χ4v) is 2.76. The van der Waals surface area contributed by atoms with E-state index < -0.39 is 17.2 Å². The number of nitrogens with one attached hydrogen (secondary N) is 1. The summed E-state index contributed by atoms with van der Waals surface area (Å²) in [5, 5.41) is 9.29. The Morgan fingerprint density at radius 1 is 0.960 bits per heavy atom. The molecule has 0 atom stereocenters. The minimum absolute atomic E-state index is 0.0687. The first kappa shape index (κ1) is 16.6. The lowest BCUT2D eigenvalue weighted by Gasteiger charge is -2.11. The Hall–Kier alpha value is -3.26. The van der Waals surface area contributed by atoms with Crippen LogP contribution in [0.4, 0.5) is 8.78 Å². The fourth-order valence-electron chi connectivity index (χ4n) is 2.76. The first-order chi connectivity index (χ1) is 11.9. The molecule has 3 nitrogen and oxygen atoms in total. The quantitative estimate of drug-likeness (QED) is 0.750. The lowest BCUT2D eigenvalue weighted by atomic mass is 9.96. The van der Waals surface area contributed by atoms with Crippen LogP contribution in [0.5, 0.6) is 0 Å². The Balaban J connectivity index is 2.35. The summed E-state index contributed by atoms with van der Waals surface area (Å²) in [5.74, 6) is -1.34. The number of aromatic amines is 1. The van der Waals surface area contributed by atoms with Crippen molar-refractivity contribution < 1.29 is 8.78 Å². The van der Waals surface area contributed by atoms with Gasteiger partial charge in [0.05, 0.1) is 0 Å². The molecule has 0 aliphatic rings. The van der Waals surface area contributed by atoms with Crippen molar-refractivity contribution in [2.45, 2.75) is 13.8 Å². The van der Waals surface area contributed by atoms with E-state index in [2.05, 4.69) is 4.98 Å². The second-order valence-corrected chi connectivity index (χ2v) is 5.86. The zero-order valence-electron chi connectivity index (χ0n) is 13.7. The van der Waals surface area contributed by atoms with Crippen LogP contribution >= 0.6 is 0 Å². The van der Waals surface area contributed by atoms with Gasteiger partial charge in [-0.2, -0.15) is 5.26 Å². The van der Waals surface area contributed by atoms with E-state index in [0.29, 0.717) is 5.69 Å². The molecule has 0 unspecified atom stereocenters. The smallest absolute Gasteiger partial charge is 0.266 e. The predicted octanol–water partition coefficient (Wildman–Crippen LogP) is 4.48. The van der Waals surface area contributed by atoms with Crippen molar-refractivity contribution >= 4 is 0 Å². The molecular formula is C20H14F2N2O. The number of H-pyrrole nitrogens is 1. The topological polar surface area (TPSA) is 56.6 Å². The fraction of sp³-hybridized carbons (Fsp3) is 0.100. The summed E-state index contributed by atoms with van der Waals surface area (Å²) in [6, 6.07) is 12.0. The summed E-state index contributed by atoms with van der Waals surface area (Å²) in [6.45, 7) is 3.80. The Morgan fingerprint density at radius 3 is 2.44 bits per heavy atom. The first-order valence-electron chi connectivity index (χ1n) is 7.61. The van der Waals surface area contributed by atoms with Gasteiger partial charge in [0.2, 0.25) is 0 Å². The van der Waals surface area contributed by atoms with Gasteiger partial charge in [0.25, 0.3) is 5.56 Å². The number of benzene rings is 2. The number of halogens is 2. The van der Waals surface area contributed by atoms with E-state index in [1.165, 1.54) is 6.07 Å². The molecule has 1 heterocycles. The lowest BCUT2D eigenvalue weighted by molar-refractivity contribution is 0.603. The van der Waals surface area contributed by atoms with Gasteiger partial charge in [-0.15, -0.1) is 0 Å². The molecule has 3 rings (SSSR count). The number of rotatable bonds is 2. The largest absolute Gasteiger partial charge is 0.321 e. The molecule has 0 aliphatic carbocycles. The third kappa shape index (κ3) is 3.07. The molecule has 1 aromatic heterocycles. The van der Waals surface area contributed by atoms with Crippen LogP contribution in [0.25, 0.3) is 22.4 Å². The average Bonchev–Trinajstić information content (AvgIpc) is 2.58. The summed E-state index contributed by atoms with van der Waals surface area (Å²) in [4.78, 5) is 15.0. The van der Waals surface area contributed by atoms with Gasteiger partial charge in [-0.3, -0.25) is 4.79 Å². The molecular weight excluding hydrogens is 322 g/mol. The molecule has 124 valence electrons. The highest BCUT2D eigenvalue weighted by atomic mass is 19.1. The standard InChI is InChI=1S/C20H14F2N2O/c1-11-3-4-12(2)14(7-11)19-9-15(17(10-23)20(25)24-19)16-8-13(21)5-6-18(16)22/h3-9H,1-2H3,(H,24,25). The second-order valence-electron chi connectivity index (χ2n) is 5.86. The van der Waals surface area contributed by atoms with E-state index >= 15 is 0 Å². The summed E-state index contributed by atoms with van der Waals surface area (Å²) in [6.07, 6.45) is 0. The van der Waals surface area contributed by atoms with Gasteiger partial charge in [-0.05, 0) is 49.7 Å². The van der Waals surface area contributed by atoms with Crippen molar-refractivity contribution in [1.82, 2.24) is 4.98 Å². The van der Waals surface area contributed by atoms with Crippen molar-refractivity contribution in [1.29, 1.82) is 5.26 Å². The molecule has 2 aromatic carbocycles. The van der Waals surface area contributed by atoms with Crippen molar-refractivity contribution in [3.8, 4) is 28.5 Å². The Kier molecular flexibility index (Phi) is 4.20. The molecule has 0 saturated heterocycles. The molecule has 0 aliphatic heterocycles. The van der Waals surface area contributed by atoms with E-state index in [0.717, 1.165) is 34.9 Å². The highest BCUT2D eigenvalue weighted by Gasteiger charge is 2.17. The normalized spacial score (nSPS) is 10.5. The molecule has 0 bridgehead atoms. The van der Waals surface area contributed by atoms with Crippen LogP contribution in [0.3, 0.4) is 0 Å². The minimum atomic E-state index is -0.699. The monoisotopic (exact) mass is 336 g/mol. The average molecular weight is 336 g/mol. The maximum Gasteiger partial charge on any atom is 0.266 e. The zero-order chi connectivity index (χ0) is 18.1. The molecule has 0 radical (unpaired) electrons. The van der Waals surface area contributed by atoms with E-state index in [9.17, 15) is 18.8 Å². The summed E-state index contributed by atoms with van der Waals surface area (Å²) in [7, 11) is 0. The van der Waals surface area contributed by atoms with Crippen molar-refractivity contribution in [2.24, 2.45) is 0 Å². The van der Waals surface area contributed by atoms with Gasteiger partial charge in [0.15, 0.2) is 0 Å². The van der Waals surface area contributed by atoms with Crippen molar-refractivity contribution in [3.63, 3.8) is 0 Å². The SMILES string of the molecule is Cc1ccc(C)c(-c2cc(-c3cc(F)ccc3F)c(C#N)c(=O)[nH]2)c1. The molecule has 3 aromatic rings. The molecule has 5 heteroatoms. The summed E-state index contributed by atoms with van der Waals surface area (Å²) >= 11 is 0. The van der Waals surface area contributed by atoms with Crippen LogP contribution in [0, 0.1) is 36.8 Å². The number of pyridine rings is 1. The molecule has 25 heavy (non-hydrogen) atoms. The minimum Gasteiger partial charge on any atom is -0.321 e. The van der Waals surface area contributed by atoms with E-state index in [-0.39, 0.29) is 16.7 Å². The third-order valence-corrected chi connectivity index (χ3v) is 4.05. The third-order valence-electron chi connectivity index (χ3n) is 4.05. The Morgan fingerprint density at radius 2 is 1.72 bits per heavy atom. The van der Waals surface area contributed by atoms with Crippen LogP contribution in [0.2, 0.25) is 0 Å². The predicted molar refractivity (Wildman–Crippen MR) is 92.0 cm³/mol. The molecule has 0 saturated carbocycles. The number of hydrogen-bond acceptors (Lipinski definition) is 2. The Labute approximate surface area is 143 Å². The second kappa shape index (κ2) is 6.33. The maximum atomic E-state index is 14.2. The lowest BCUT2D eigenvalue weighted by Crippen LogP contribution is -2.13.